The molecule has 180 valence electrons. The molecule has 0 saturated carbocycles. The van der Waals surface area contributed by atoms with E-state index in [4.69, 9.17) is 5.73 Å². The Bertz CT molecular complexity index is 1550. The van der Waals surface area contributed by atoms with Gasteiger partial charge in [0.2, 0.25) is 0 Å². The Morgan fingerprint density at radius 1 is 0.833 bits per heavy atom. The summed E-state index contributed by atoms with van der Waals surface area (Å²) in [5, 5.41) is 46.6. The molecule has 14 nitrogen and oxygen atoms in total. The number of aromatic nitrogens is 2. The second-order valence-electron chi connectivity index (χ2n) is 7.48. The van der Waals surface area contributed by atoms with Crippen LogP contribution in [0.4, 0.5) is 34.3 Å². The Kier molecular flexibility index (Phi) is 6.15. The first-order chi connectivity index (χ1) is 17.2. The molecule has 0 aliphatic heterocycles. The van der Waals surface area contributed by atoms with Gasteiger partial charge in [-0.25, -0.2) is 4.68 Å². The maximum absolute atomic E-state index is 11.7. The molecular formula is C22H16N8O6. The fourth-order valence-electron chi connectivity index (χ4n) is 3.42. The van der Waals surface area contributed by atoms with Crippen LogP contribution in [-0.4, -0.2) is 24.6 Å². The molecule has 3 aromatic carbocycles. The Labute approximate surface area is 201 Å². The van der Waals surface area contributed by atoms with Gasteiger partial charge in [0.15, 0.2) is 11.5 Å². The van der Waals surface area contributed by atoms with Gasteiger partial charge in [-0.3, -0.25) is 30.3 Å². The molecule has 0 bridgehead atoms. The van der Waals surface area contributed by atoms with Crippen molar-refractivity contribution < 1.29 is 14.8 Å². The lowest BCUT2D eigenvalue weighted by molar-refractivity contribution is -0.394. The van der Waals surface area contributed by atoms with Gasteiger partial charge in [-0.15, -0.1) is 5.11 Å². The number of non-ortho nitro benzene ring substituents is 2. The number of nitrogens with zero attached hydrogens (tertiary/aromatic N) is 7. The van der Waals surface area contributed by atoms with Gasteiger partial charge in [0.05, 0.1) is 26.5 Å². The number of rotatable bonds is 7. The first-order valence-electron chi connectivity index (χ1n) is 10.2. The van der Waals surface area contributed by atoms with E-state index >= 15 is 0 Å². The van der Waals surface area contributed by atoms with Crippen LogP contribution in [0.5, 0.6) is 0 Å². The molecule has 36 heavy (non-hydrogen) atoms. The minimum absolute atomic E-state index is 0.0894. The van der Waals surface area contributed by atoms with Crippen LogP contribution in [0.1, 0.15) is 5.56 Å². The summed E-state index contributed by atoms with van der Waals surface area (Å²) in [5.74, 6) is -0.103. The van der Waals surface area contributed by atoms with Gasteiger partial charge in [-0.2, -0.15) is 10.2 Å². The summed E-state index contributed by atoms with van der Waals surface area (Å²) in [5.41, 5.74) is 6.82. The van der Waals surface area contributed by atoms with Crippen LogP contribution in [0.2, 0.25) is 0 Å². The molecule has 4 aromatic rings. The average molecular weight is 488 g/mol. The molecule has 0 radical (unpaired) electrons. The lowest BCUT2D eigenvalue weighted by Gasteiger charge is -2.05. The normalized spacial score (nSPS) is 11.0. The van der Waals surface area contributed by atoms with Crippen LogP contribution in [-0.2, 0) is 0 Å². The molecule has 1 aromatic heterocycles. The van der Waals surface area contributed by atoms with Crippen molar-refractivity contribution in [2.45, 2.75) is 6.92 Å². The monoisotopic (exact) mass is 488 g/mol. The Morgan fingerprint density at radius 3 is 2.08 bits per heavy atom. The summed E-state index contributed by atoms with van der Waals surface area (Å²) >= 11 is 0. The molecule has 0 spiro atoms. The summed E-state index contributed by atoms with van der Waals surface area (Å²) in [7, 11) is 0. The molecule has 0 fully saturated rings. The van der Waals surface area contributed by atoms with E-state index in [2.05, 4.69) is 15.3 Å². The van der Waals surface area contributed by atoms with E-state index in [1.54, 1.807) is 37.3 Å². The average Bonchev–Trinajstić information content (AvgIpc) is 3.19. The summed E-state index contributed by atoms with van der Waals surface area (Å²) < 4.78 is 1.07. The van der Waals surface area contributed by atoms with Gasteiger partial charge in [-0.05, 0) is 24.6 Å². The minimum atomic E-state index is -0.771. The van der Waals surface area contributed by atoms with Gasteiger partial charge in [0.25, 0.3) is 11.4 Å². The number of nitrogens with two attached hydrogens (primary N) is 1. The predicted octanol–water partition coefficient (Wildman–Crippen LogP) is 5.57. The lowest BCUT2D eigenvalue weighted by Crippen LogP contribution is -2.06. The Hall–Kier alpha value is -5.53. The van der Waals surface area contributed by atoms with E-state index in [9.17, 15) is 30.3 Å². The van der Waals surface area contributed by atoms with E-state index in [1.165, 1.54) is 24.3 Å². The zero-order valence-corrected chi connectivity index (χ0v) is 18.5. The van der Waals surface area contributed by atoms with Crippen LogP contribution in [0.15, 0.2) is 77.0 Å². The zero-order valence-electron chi connectivity index (χ0n) is 18.5. The van der Waals surface area contributed by atoms with Gasteiger partial charge < -0.3 is 5.73 Å². The molecule has 0 amide bonds. The number of benzene rings is 3. The maximum atomic E-state index is 11.7. The second kappa shape index (κ2) is 9.38. The molecular weight excluding hydrogens is 472 g/mol. The van der Waals surface area contributed by atoms with Gasteiger partial charge in [0.1, 0.15) is 11.4 Å². The molecule has 4 rings (SSSR count). The minimum Gasteiger partial charge on any atom is -0.382 e. The molecule has 14 heteroatoms. The standard InChI is InChI=1S/C22H16N8O6/c1-13-11-15(28(31)32)7-9-17(13)24-25-21-20(14-5-3-2-4-6-14)26-27(22(21)23)18-10-8-16(29(33)34)12-19(18)30(35)36/h2-12H,23H2,1H3. The molecule has 2 N–H and O–H groups in total. The van der Waals surface area contributed by atoms with E-state index in [0.717, 1.165) is 16.8 Å². The third-order valence-corrected chi connectivity index (χ3v) is 5.19. The third kappa shape index (κ3) is 4.45. The van der Waals surface area contributed by atoms with Crippen LogP contribution in [0.3, 0.4) is 0 Å². The Morgan fingerprint density at radius 2 is 1.47 bits per heavy atom. The summed E-state index contributed by atoms with van der Waals surface area (Å²) in [6.07, 6.45) is 0. The fraction of sp³-hybridized carbons (Fsp3) is 0.0455. The number of hydrogen-bond acceptors (Lipinski definition) is 10. The number of nitrogen functional groups attached to an aromatic ring is 1. The van der Waals surface area contributed by atoms with Crippen molar-refractivity contribution in [3.05, 3.63) is 103 Å². The Balaban J connectivity index is 1.89. The molecule has 1 heterocycles. The number of anilines is 1. The highest BCUT2D eigenvalue weighted by molar-refractivity contribution is 5.81. The predicted molar refractivity (Wildman–Crippen MR) is 129 cm³/mol. The van der Waals surface area contributed by atoms with Gasteiger partial charge >= 0.3 is 5.69 Å². The van der Waals surface area contributed by atoms with Crippen LogP contribution < -0.4 is 5.73 Å². The highest BCUT2D eigenvalue weighted by Gasteiger charge is 2.26. The first kappa shape index (κ1) is 23.6. The van der Waals surface area contributed by atoms with Crippen molar-refractivity contribution in [1.82, 2.24) is 9.78 Å². The number of aryl methyl sites for hydroxylation is 1. The molecule has 0 saturated heterocycles. The molecule has 0 aliphatic carbocycles. The van der Waals surface area contributed by atoms with Gasteiger partial charge in [-0.1, -0.05) is 30.3 Å². The fourth-order valence-corrected chi connectivity index (χ4v) is 3.42. The SMILES string of the molecule is Cc1cc([N+](=O)[O-])ccc1N=Nc1c(-c2ccccc2)nn(-c2ccc([N+](=O)[O-])cc2[N+](=O)[O-])c1N. The quantitative estimate of drug-likeness (QED) is 0.198. The largest absolute Gasteiger partial charge is 0.382 e. The first-order valence-corrected chi connectivity index (χ1v) is 10.2. The van der Waals surface area contributed by atoms with E-state index in [0.29, 0.717) is 16.8 Å². The summed E-state index contributed by atoms with van der Waals surface area (Å²) in [6, 6.07) is 15.9. The highest BCUT2D eigenvalue weighted by Crippen LogP contribution is 2.40. The van der Waals surface area contributed by atoms with E-state index < -0.39 is 26.1 Å². The van der Waals surface area contributed by atoms with Crippen LogP contribution in [0, 0.1) is 37.3 Å². The lowest BCUT2D eigenvalue weighted by atomic mass is 10.1. The van der Waals surface area contributed by atoms with E-state index in [1.807, 2.05) is 0 Å². The van der Waals surface area contributed by atoms with Gasteiger partial charge in [0, 0.05) is 23.8 Å². The van der Waals surface area contributed by atoms with Crippen molar-refractivity contribution in [2.24, 2.45) is 10.2 Å². The van der Waals surface area contributed by atoms with Crippen molar-refractivity contribution in [3.8, 4) is 16.9 Å². The molecule has 0 aliphatic rings. The van der Waals surface area contributed by atoms with E-state index in [-0.39, 0.29) is 28.6 Å². The van der Waals surface area contributed by atoms with Crippen molar-refractivity contribution >= 4 is 34.3 Å². The smallest absolute Gasteiger partial charge is 0.301 e. The summed E-state index contributed by atoms with van der Waals surface area (Å²) in [6.45, 7) is 1.63. The number of nitro benzene ring substituents is 3. The maximum Gasteiger partial charge on any atom is 0.301 e. The topological polar surface area (TPSA) is 198 Å². The molecule has 0 atom stereocenters. The van der Waals surface area contributed by atoms with Crippen molar-refractivity contribution in [1.29, 1.82) is 0 Å². The van der Waals surface area contributed by atoms with Crippen LogP contribution >= 0.6 is 0 Å². The number of hydrogen-bond donors (Lipinski definition) is 1. The zero-order chi connectivity index (χ0) is 26.0. The van der Waals surface area contributed by atoms with Crippen molar-refractivity contribution in [2.75, 3.05) is 5.73 Å². The second-order valence-corrected chi connectivity index (χ2v) is 7.48. The number of nitro groups is 3. The number of azo groups is 1. The van der Waals surface area contributed by atoms with Crippen LogP contribution in [0.25, 0.3) is 16.9 Å². The molecule has 0 unspecified atom stereocenters. The third-order valence-electron chi connectivity index (χ3n) is 5.19. The summed E-state index contributed by atoms with van der Waals surface area (Å²) in [4.78, 5) is 31.7. The highest BCUT2D eigenvalue weighted by atomic mass is 16.6. The van der Waals surface area contributed by atoms with Crippen molar-refractivity contribution in [3.63, 3.8) is 0 Å².